The molecule has 3 heteroatoms. The summed E-state index contributed by atoms with van der Waals surface area (Å²) in [6.45, 7) is 4.46. The van der Waals surface area contributed by atoms with Gasteiger partial charge in [-0.05, 0) is 44.5 Å². The number of hydrogen-bond donors (Lipinski definition) is 1. The predicted molar refractivity (Wildman–Crippen MR) is 75.1 cm³/mol. The summed E-state index contributed by atoms with van der Waals surface area (Å²) in [4.78, 5) is 0. The molecule has 1 aromatic carbocycles. The van der Waals surface area contributed by atoms with Crippen LogP contribution in [0.5, 0.6) is 0 Å². The summed E-state index contributed by atoms with van der Waals surface area (Å²) in [5.41, 5.74) is 2.39. The molecule has 2 unspecified atom stereocenters. The Morgan fingerprint density at radius 3 is 2.56 bits per heavy atom. The number of benzene rings is 1. The van der Waals surface area contributed by atoms with E-state index in [0.29, 0.717) is 12.0 Å². The first kappa shape index (κ1) is 12.8. The molecule has 1 N–H and O–H groups in total. The first-order chi connectivity index (χ1) is 8.72. The average Bonchev–Trinajstić information content (AvgIpc) is 2.88. The van der Waals surface area contributed by atoms with Crippen LogP contribution >= 0.6 is 0 Å². The van der Waals surface area contributed by atoms with Crippen molar-refractivity contribution >= 4 is 0 Å². The van der Waals surface area contributed by atoms with E-state index in [2.05, 4.69) is 42.5 Å². The molecule has 96 valence electrons. The standard InChI is InChI=1S/C15H21N3/c1-12(11-13(2)16-3)15-9-10-17-18(15)14-7-5-4-6-8-14/h4-10,12-13,16H,11H2,1-3H3. The summed E-state index contributed by atoms with van der Waals surface area (Å²) >= 11 is 0. The van der Waals surface area contributed by atoms with Gasteiger partial charge in [-0.15, -0.1) is 0 Å². The van der Waals surface area contributed by atoms with E-state index in [9.17, 15) is 0 Å². The molecule has 2 rings (SSSR count). The lowest BCUT2D eigenvalue weighted by Gasteiger charge is -2.18. The highest BCUT2D eigenvalue weighted by molar-refractivity contribution is 5.33. The van der Waals surface area contributed by atoms with E-state index in [1.54, 1.807) is 0 Å². The van der Waals surface area contributed by atoms with Crippen molar-refractivity contribution in [3.05, 3.63) is 48.3 Å². The van der Waals surface area contributed by atoms with Crippen LogP contribution in [0.3, 0.4) is 0 Å². The maximum atomic E-state index is 4.44. The molecule has 0 aliphatic rings. The van der Waals surface area contributed by atoms with Crippen LogP contribution in [0.25, 0.3) is 5.69 Å². The minimum absolute atomic E-state index is 0.482. The number of para-hydroxylation sites is 1. The minimum atomic E-state index is 0.482. The van der Waals surface area contributed by atoms with Crippen molar-refractivity contribution in [1.82, 2.24) is 15.1 Å². The average molecular weight is 243 g/mol. The van der Waals surface area contributed by atoms with Gasteiger partial charge < -0.3 is 5.32 Å². The molecule has 1 heterocycles. The maximum absolute atomic E-state index is 4.44. The Labute approximate surface area is 109 Å². The molecule has 0 saturated carbocycles. The van der Waals surface area contributed by atoms with Crippen LogP contribution in [0, 0.1) is 0 Å². The van der Waals surface area contributed by atoms with E-state index < -0.39 is 0 Å². The molecule has 0 fully saturated rings. The molecule has 2 aromatic rings. The lowest BCUT2D eigenvalue weighted by atomic mass is 9.99. The first-order valence-corrected chi connectivity index (χ1v) is 6.49. The zero-order valence-electron chi connectivity index (χ0n) is 11.3. The van der Waals surface area contributed by atoms with Crippen molar-refractivity contribution in [3.8, 4) is 5.69 Å². The molecular formula is C15H21N3. The van der Waals surface area contributed by atoms with Crippen LogP contribution in [-0.2, 0) is 0 Å². The van der Waals surface area contributed by atoms with Gasteiger partial charge in [0.05, 0.1) is 5.69 Å². The highest BCUT2D eigenvalue weighted by Crippen LogP contribution is 2.22. The molecule has 18 heavy (non-hydrogen) atoms. The Bertz CT molecular complexity index is 475. The third-order valence-electron chi connectivity index (χ3n) is 3.38. The van der Waals surface area contributed by atoms with Crippen molar-refractivity contribution < 1.29 is 0 Å². The Kier molecular flexibility index (Phi) is 4.15. The summed E-state index contributed by atoms with van der Waals surface area (Å²) in [5, 5.41) is 7.72. The van der Waals surface area contributed by atoms with E-state index >= 15 is 0 Å². The minimum Gasteiger partial charge on any atom is -0.317 e. The van der Waals surface area contributed by atoms with Gasteiger partial charge in [0.1, 0.15) is 0 Å². The van der Waals surface area contributed by atoms with Crippen LogP contribution in [-0.4, -0.2) is 22.9 Å². The van der Waals surface area contributed by atoms with Crippen LogP contribution in [0.15, 0.2) is 42.6 Å². The number of nitrogens with one attached hydrogen (secondary N) is 1. The molecule has 1 aromatic heterocycles. The molecule has 3 nitrogen and oxygen atoms in total. The van der Waals surface area contributed by atoms with E-state index in [-0.39, 0.29) is 0 Å². The molecule has 0 aliphatic carbocycles. The quantitative estimate of drug-likeness (QED) is 0.875. The van der Waals surface area contributed by atoms with E-state index in [1.807, 2.05) is 36.1 Å². The topological polar surface area (TPSA) is 29.9 Å². The summed E-state index contributed by atoms with van der Waals surface area (Å²) in [5.74, 6) is 0.482. The Hall–Kier alpha value is -1.61. The van der Waals surface area contributed by atoms with Gasteiger partial charge in [0.2, 0.25) is 0 Å². The van der Waals surface area contributed by atoms with Gasteiger partial charge in [-0.2, -0.15) is 5.10 Å². The first-order valence-electron chi connectivity index (χ1n) is 6.49. The third kappa shape index (κ3) is 2.79. The lowest BCUT2D eigenvalue weighted by Crippen LogP contribution is -2.23. The number of hydrogen-bond acceptors (Lipinski definition) is 2. The molecule has 0 bridgehead atoms. The number of rotatable bonds is 5. The van der Waals surface area contributed by atoms with Gasteiger partial charge in [-0.25, -0.2) is 4.68 Å². The van der Waals surface area contributed by atoms with Crippen LogP contribution < -0.4 is 5.32 Å². The van der Waals surface area contributed by atoms with E-state index in [4.69, 9.17) is 0 Å². The van der Waals surface area contributed by atoms with Gasteiger partial charge in [0.25, 0.3) is 0 Å². The Balaban J connectivity index is 2.23. The molecule has 0 saturated heterocycles. The van der Waals surface area contributed by atoms with Gasteiger partial charge in [-0.3, -0.25) is 0 Å². The highest BCUT2D eigenvalue weighted by atomic mass is 15.3. The van der Waals surface area contributed by atoms with Gasteiger partial charge in [0.15, 0.2) is 0 Å². The van der Waals surface area contributed by atoms with Gasteiger partial charge in [0, 0.05) is 17.9 Å². The molecular weight excluding hydrogens is 222 g/mol. The SMILES string of the molecule is CNC(C)CC(C)c1ccnn1-c1ccccc1. The van der Waals surface area contributed by atoms with E-state index in [1.165, 1.54) is 5.69 Å². The summed E-state index contributed by atoms with van der Waals surface area (Å²) < 4.78 is 2.03. The zero-order valence-corrected chi connectivity index (χ0v) is 11.3. The fraction of sp³-hybridized carbons (Fsp3) is 0.400. The monoisotopic (exact) mass is 243 g/mol. The second kappa shape index (κ2) is 5.83. The fourth-order valence-electron chi connectivity index (χ4n) is 2.24. The summed E-state index contributed by atoms with van der Waals surface area (Å²) in [6.07, 6.45) is 2.98. The van der Waals surface area contributed by atoms with Gasteiger partial charge >= 0.3 is 0 Å². The van der Waals surface area contributed by atoms with Crippen molar-refractivity contribution in [2.45, 2.75) is 32.2 Å². The molecule has 2 atom stereocenters. The van der Waals surface area contributed by atoms with Crippen molar-refractivity contribution in [2.24, 2.45) is 0 Å². The summed E-state index contributed by atoms with van der Waals surface area (Å²) in [7, 11) is 2.01. The maximum Gasteiger partial charge on any atom is 0.0648 e. The molecule has 0 radical (unpaired) electrons. The largest absolute Gasteiger partial charge is 0.317 e. The van der Waals surface area contributed by atoms with Crippen LogP contribution in [0.2, 0.25) is 0 Å². The molecule has 0 aliphatic heterocycles. The number of aromatic nitrogens is 2. The molecule has 0 amide bonds. The van der Waals surface area contributed by atoms with E-state index in [0.717, 1.165) is 12.1 Å². The lowest BCUT2D eigenvalue weighted by molar-refractivity contribution is 0.502. The smallest absolute Gasteiger partial charge is 0.0648 e. The third-order valence-corrected chi connectivity index (χ3v) is 3.38. The number of nitrogens with zero attached hydrogens (tertiary/aromatic N) is 2. The summed E-state index contributed by atoms with van der Waals surface area (Å²) in [6, 6.07) is 12.9. The van der Waals surface area contributed by atoms with Crippen LogP contribution in [0.1, 0.15) is 31.9 Å². The zero-order chi connectivity index (χ0) is 13.0. The second-order valence-corrected chi connectivity index (χ2v) is 4.83. The van der Waals surface area contributed by atoms with Crippen LogP contribution in [0.4, 0.5) is 0 Å². The second-order valence-electron chi connectivity index (χ2n) is 4.83. The normalized spacial score (nSPS) is 14.4. The predicted octanol–water partition coefficient (Wildman–Crippen LogP) is 2.97. The van der Waals surface area contributed by atoms with Crippen molar-refractivity contribution in [2.75, 3.05) is 7.05 Å². The Morgan fingerprint density at radius 2 is 1.89 bits per heavy atom. The van der Waals surface area contributed by atoms with Crippen molar-refractivity contribution in [1.29, 1.82) is 0 Å². The highest BCUT2D eigenvalue weighted by Gasteiger charge is 2.14. The Morgan fingerprint density at radius 1 is 1.17 bits per heavy atom. The van der Waals surface area contributed by atoms with Crippen molar-refractivity contribution in [3.63, 3.8) is 0 Å². The van der Waals surface area contributed by atoms with Gasteiger partial charge in [-0.1, -0.05) is 25.1 Å². The fourth-order valence-corrected chi connectivity index (χ4v) is 2.24. The molecule has 0 spiro atoms.